The average Bonchev–Trinajstić information content (AvgIpc) is 2.76. The van der Waals surface area contributed by atoms with E-state index in [4.69, 9.17) is 9.47 Å². The molecule has 0 radical (unpaired) electrons. The van der Waals surface area contributed by atoms with Crippen molar-refractivity contribution in [3.05, 3.63) is 77.9 Å². The van der Waals surface area contributed by atoms with Crippen LogP contribution in [0.2, 0.25) is 0 Å². The van der Waals surface area contributed by atoms with Crippen molar-refractivity contribution in [2.75, 3.05) is 23.3 Å². The van der Waals surface area contributed by atoms with Crippen molar-refractivity contribution in [3.8, 4) is 11.5 Å². The highest BCUT2D eigenvalue weighted by Gasteiger charge is 2.17. The van der Waals surface area contributed by atoms with Crippen molar-refractivity contribution >= 4 is 27.3 Å². The number of nitrogens with one attached hydrogen (secondary N) is 2. The zero-order chi connectivity index (χ0) is 24.0. The summed E-state index contributed by atoms with van der Waals surface area (Å²) in [5.41, 5.74) is 0.676. The van der Waals surface area contributed by atoms with Gasteiger partial charge >= 0.3 is 0 Å². The summed E-state index contributed by atoms with van der Waals surface area (Å²) >= 11 is 0. The Morgan fingerprint density at radius 3 is 2.33 bits per heavy atom. The van der Waals surface area contributed by atoms with Crippen LogP contribution in [0.1, 0.15) is 12.5 Å². The number of hydrogen-bond donors (Lipinski definition) is 2. The molecule has 0 saturated heterocycles. The van der Waals surface area contributed by atoms with Gasteiger partial charge in [-0.3, -0.25) is 9.52 Å². The molecule has 0 aromatic heterocycles. The van der Waals surface area contributed by atoms with Gasteiger partial charge in [-0.15, -0.1) is 0 Å². The van der Waals surface area contributed by atoms with Gasteiger partial charge in [-0.05, 0) is 74.0 Å². The topological polar surface area (TPSA) is 93.7 Å². The van der Waals surface area contributed by atoms with E-state index < -0.39 is 34.2 Å². The monoisotopic (exact) mass is 476 g/mol. The van der Waals surface area contributed by atoms with Gasteiger partial charge in [0.25, 0.3) is 15.9 Å². The Balaban J connectivity index is 1.63. The molecule has 0 heterocycles. The van der Waals surface area contributed by atoms with Crippen LogP contribution < -0.4 is 19.5 Å². The van der Waals surface area contributed by atoms with E-state index in [1.165, 1.54) is 18.2 Å². The summed E-state index contributed by atoms with van der Waals surface area (Å²) in [6, 6.07) is 13.5. The number of benzene rings is 3. The summed E-state index contributed by atoms with van der Waals surface area (Å²) in [5, 5.41) is 2.28. The number of aryl methyl sites for hydroxylation is 1. The number of hydrogen-bond acceptors (Lipinski definition) is 5. The van der Waals surface area contributed by atoms with Crippen molar-refractivity contribution < 1.29 is 31.5 Å². The Morgan fingerprint density at radius 2 is 1.70 bits per heavy atom. The average molecular weight is 477 g/mol. The van der Waals surface area contributed by atoms with Crippen molar-refractivity contribution in [1.29, 1.82) is 0 Å². The third-order valence-corrected chi connectivity index (χ3v) is 5.82. The van der Waals surface area contributed by atoms with E-state index in [1.54, 1.807) is 31.2 Å². The molecular weight excluding hydrogens is 454 g/mol. The van der Waals surface area contributed by atoms with Gasteiger partial charge in [0.05, 0.1) is 17.2 Å². The van der Waals surface area contributed by atoms with Gasteiger partial charge in [0.2, 0.25) is 0 Å². The lowest BCUT2D eigenvalue weighted by Crippen LogP contribution is -2.21. The predicted molar refractivity (Wildman–Crippen MR) is 120 cm³/mol. The molecule has 7 nitrogen and oxygen atoms in total. The van der Waals surface area contributed by atoms with Crippen molar-refractivity contribution in [2.45, 2.75) is 18.7 Å². The number of sulfonamides is 1. The zero-order valence-electron chi connectivity index (χ0n) is 17.9. The number of ether oxygens (including phenoxy) is 2. The molecule has 0 unspecified atom stereocenters. The second kappa shape index (κ2) is 10.3. The highest BCUT2D eigenvalue weighted by atomic mass is 32.2. The van der Waals surface area contributed by atoms with Crippen LogP contribution in [0.15, 0.2) is 65.6 Å². The third-order valence-electron chi connectivity index (χ3n) is 4.44. The molecule has 33 heavy (non-hydrogen) atoms. The molecule has 0 aliphatic heterocycles. The van der Waals surface area contributed by atoms with Crippen LogP contribution in [0, 0.1) is 18.6 Å². The smallest absolute Gasteiger partial charge is 0.262 e. The Hall–Kier alpha value is -3.66. The van der Waals surface area contributed by atoms with E-state index in [2.05, 4.69) is 10.0 Å². The molecule has 0 spiro atoms. The van der Waals surface area contributed by atoms with Gasteiger partial charge in [0.1, 0.15) is 23.1 Å². The van der Waals surface area contributed by atoms with Crippen LogP contribution in [0.25, 0.3) is 0 Å². The Bertz CT molecular complexity index is 1250. The summed E-state index contributed by atoms with van der Waals surface area (Å²) in [7, 11) is -3.86. The molecule has 0 aliphatic carbocycles. The SMILES string of the molecule is CCOc1ccc(NS(=O)(=O)c2ccc(OCC(=O)Nc3ccc(F)cc3F)c(C)c2)cc1. The maximum atomic E-state index is 13.6. The van der Waals surface area contributed by atoms with E-state index in [1.807, 2.05) is 6.92 Å². The summed E-state index contributed by atoms with van der Waals surface area (Å²) in [5.74, 6) is -1.42. The van der Waals surface area contributed by atoms with Gasteiger partial charge in [-0.2, -0.15) is 0 Å². The van der Waals surface area contributed by atoms with E-state index in [-0.39, 0.29) is 16.3 Å². The Labute approximate surface area is 190 Å². The van der Waals surface area contributed by atoms with E-state index in [0.717, 1.165) is 12.1 Å². The van der Waals surface area contributed by atoms with Crippen molar-refractivity contribution in [2.24, 2.45) is 0 Å². The zero-order valence-corrected chi connectivity index (χ0v) is 18.7. The van der Waals surface area contributed by atoms with Crippen LogP contribution in [0.5, 0.6) is 11.5 Å². The molecule has 3 aromatic carbocycles. The fourth-order valence-electron chi connectivity index (χ4n) is 2.87. The lowest BCUT2D eigenvalue weighted by Gasteiger charge is -2.13. The lowest BCUT2D eigenvalue weighted by molar-refractivity contribution is -0.118. The van der Waals surface area contributed by atoms with Gasteiger partial charge in [-0.1, -0.05) is 0 Å². The highest BCUT2D eigenvalue weighted by molar-refractivity contribution is 7.92. The van der Waals surface area contributed by atoms with Gasteiger partial charge in [-0.25, -0.2) is 17.2 Å². The minimum Gasteiger partial charge on any atom is -0.494 e. The maximum Gasteiger partial charge on any atom is 0.262 e. The molecule has 10 heteroatoms. The molecule has 0 atom stereocenters. The number of amides is 1. The first-order valence-corrected chi connectivity index (χ1v) is 11.4. The molecule has 2 N–H and O–H groups in total. The van der Waals surface area contributed by atoms with Crippen LogP contribution in [-0.4, -0.2) is 27.5 Å². The van der Waals surface area contributed by atoms with Crippen LogP contribution >= 0.6 is 0 Å². The quantitative estimate of drug-likeness (QED) is 0.475. The van der Waals surface area contributed by atoms with Crippen LogP contribution in [0.4, 0.5) is 20.2 Å². The van der Waals surface area contributed by atoms with Crippen molar-refractivity contribution in [3.63, 3.8) is 0 Å². The molecule has 174 valence electrons. The van der Waals surface area contributed by atoms with E-state index >= 15 is 0 Å². The number of rotatable bonds is 9. The van der Waals surface area contributed by atoms with Crippen LogP contribution in [-0.2, 0) is 14.8 Å². The summed E-state index contributed by atoms with van der Waals surface area (Å²) in [6.45, 7) is 3.53. The number of carbonyl (C=O) groups excluding carboxylic acids is 1. The third kappa shape index (κ3) is 6.42. The number of halogens is 2. The second-order valence-corrected chi connectivity index (χ2v) is 8.63. The Morgan fingerprint density at radius 1 is 0.970 bits per heavy atom. The Kier molecular flexibility index (Phi) is 7.49. The fraction of sp³-hybridized carbons (Fsp3) is 0.174. The lowest BCUT2D eigenvalue weighted by atomic mass is 10.2. The standard InChI is InChI=1S/C23H22F2N2O5S/c1-3-31-18-7-5-17(6-8-18)27-33(29,30)19-9-11-22(15(2)12-19)32-14-23(28)26-21-10-4-16(24)13-20(21)25/h4-13,27H,3,14H2,1-2H3,(H,26,28). The van der Waals surface area contributed by atoms with Crippen molar-refractivity contribution in [1.82, 2.24) is 0 Å². The largest absolute Gasteiger partial charge is 0.494 e. The maximum absolute atomic E-state index is 13.6. The van der Waals surface area contributed by atoms with Gasteiger partial charge < -0.3 is 14.8 Å². The second-order valence-electron chi connectivity index (χ2n) is 6.95. The summed E-state index contributed by atoms with van der Waals surface area (Å²) in [6.07, 6.45) is 0. The molecule has 0 saturated carbocycles. The minimum atomic E-state index is -3.86. The predicted octanol–water partition coefficient (Wildman–Crippen LogP) is 4.49. The molecule has 0 fully saturated rings. The first-order valence-electron chi connectivity index (χ1n) is 9.92. The van der Waals surface area contributed by atoms with E-state index in [9.17, 15) is 22.0 Å². The molecule has 1 amide bonds. The summed E-state index contributed by atoms with van der Waals surface area (Å²) in [4.78, 5) is 12.0. The normalized spacial score (nSPS) is 11.0. The minimum absolute atomic E-state index is 0.0130. The van der Waals surface area contributed by atoms with Gasteiger partial charge in [0, 0.05) is 11.8 Å². The number of carbonyl (C=O) groups is 1. The molecule has 3 aromatic rings. The first kappa shape index (κ1) is 24.0. The molecule has 0 aliphatic rings. The molecule has 3 rings (SSSR count). The fourth-order valence-corrected chi connectivity index (χ4v) is 4.01. The van der Waals surface area contributed by atoms with E-state index in [0.29, 0.717) is 29.7 Å². The number of anilines is 2. The van der Waals surface area contributed by atoms with Gasteiger partial charge in [0.15, 0.2) is 6.61 Å². The van der Waals surface area contributed by atoms with Crippen LogP contribution in [0.3, 0.4) is 0 Å². The molecule has 0 bridgehead atoms. The summed E-state index contributed by atoms with van der Waals surface area (Å²) < 4.78 is 65.2. The highest BCUT2D eigenvalue weighted by Crippen LogP contribution is 2.24. The molecular formula is C23H22F2N2O5S. The first-order chi connectivity index (χ1) is 15.7.